The second-order valence-electron chi connectivity index (χ2n) is 6.92. The molecule has 0 spiro atoms. The molecule has 2 unspecified atom stereocenters. The highest BCUT2D eigenvalue weighted by Crippen LogP contribution is 2.41. The van der Waals surface area contributed by atoms with Gasteiger partial charge in [-0.15, -0.1) is 0 Å². The fourth-order valence-corrected chi connectivity index (χ4v) is 7.77. The molecule has 5 rings (SSSR count). The van der Waals surface area contributed by atoms with E-state index in [9.17, 15) is 13.2 Å². The molecule has 2 aromatic carbocycles. The molecule has 1 amide bonds. The van der Waals surface area contributed by atoms with Gasteiger partial charge in [-0.2, -0.15) is 4.99 Å². The minimum atomic E-state index is -3.13. The minimum Gasteiger partial charge on any atom is -0.454 e. The molecule has 2 atom stereocenters. The fourth-order valence-electron chi connectivity index (χ4n) is 3.67. The van der Waals surface area contributed by atoms with Gasteiger partial charge in [-0.3, -0.25) is 4.79 Å². The summed E-state index contributed by atoms with van der Waals surface area (Å²) in [6.45, 7) is 0.123. The molecule has 2 aromatic rings. The van der Waals surface area contributed by atoms with E-state index in [1.54, 1.807) is 36.4 Å². The first-order valence-electron chi connectivity index (χ1n) is 8.84. The number of carbonyl (C=O) groups excluding carboxylic acids is 1. The quantitative estimate of drug-likeness (QED) is 0.695. The molecule has 2 fully saturated rings. The topological polar surface area (TPSA) is 85.3 Å². The Bertz CT molecular complexity index is 1150. The molecular formula is C19H15ClN2O5S2. The third-order valence-corrected chi connectivity index (χ3v) is 8.41. The summed E-state index contributed by atoms with van der Waals surface area (Å²) in [5, 5.41) is 0.820. The average molecular weight is 451 g/mol. The lowest BCUT2D eigenvalue weighted by atomic mass is 10.2. The van der Waals surface area contributed by atoms with E-state index < -0.39 is 15.7 Å². The molecule has 3 heterocycles. The maximum Gasteiger partial charge on any atom is 0.279 e. The predicted octanol–water partition coefficient (Wildman–Crippen LogP) is 2.98. The van der Waals surface area contributed by atoms with Crippen molar-refractivity contribution >= 4 is 50.0 Å². The fraction of sp³-hybridized carbons (Fsp3) is 0.263. The second-order valence-corrected chi connectivity index (χ2v) is 10.7. The number of aliphatic imine (C=N–C) groups is 1. The number of halogens is 1. The van der Waals surface area contributed by atoms with E-state index >= 15 is 0 Å². The van der Waals surface area contributed by atoms with Gasteiger partial charge in [0.05, 0.1) is 17.5 Å². The van der Waals surface area contributed by atoms with Crippen LogP contribution in [0.3, 0.4) is 0 Å². The van der Waals surface area contributed by atoms with Gasteiger partial charge in [-0.1, -0.05) is 29.4 Å². The number of nitrogens with zero attached hydrogens (tertiary/aromatic N) is 2. The monoisotopic (exact) mass is 450 g/mol. The van der Waals surface area contributed by atoms with Gasteiger partial charge in [0.15, 0.2) is 26.5 Å². The number of fused-ring (bicyclic) bond motifs is 2. The molecule has 0 radical (unpaired) electrons. The predicted molar refractivity (Wildman–Crippen MR) is 112 cm³/mol. The Labute approximate surface area is 176 Å². The molecule has 150 valence electrons. The van der Waals surface area contributed by atoms with Crippen molar-refractivity contribution in [3.63, 3.8) is 0 Å². The van der Waals surface area contributed by atoms with E-state index in [1.165, 1.54) is 11.8 Å². The van der Waals surface area contributed by atoms with Crippen LogP contribution in [0.15, 0.2) is 47.5 Å². The molecule has 0 aliphatic carbocycles. The number of ether oxygens (including phenoxy) is 2. The van der Waals surface area contributed by atoms with E-state index in [0.29, 0.717) is 32.9 Å². The summed E-state index contributed by atoms with van der Waals surface area (Å²) in [5.74, 6) is 0.751. The largest absolute Gasteiger partial charge is 0.454 e. The molecule has 0 bridgehead atoms. The van der Waals surface area contributed by atoms with Crippen molar-refractivity contribution < 1.29 is 22.7 Å². The van der Waals surface area contributed by atoms with Crippen molar-refractivity contribution in [3.8, 4) is 11.5 Å². The summed E-state index contributed by atoms with van der Waals surface area (Å²) in [5.41, 5.74) is 1.09. The first-order chi connectivity index (χ1) is 13.9. The van der Waals surface area contributed by atoms with Crippen LogP contribution < -0.4 is 14.4 Å². The van der Waals surface area contributed by atoms with E-state index in [2.05, 4.69) is 4.99 Å². The van der Waals surface area contributed by atoms with Gasteiger partial charge in [0.2, 0.25) is 6.79 Å². The summed E-state index contributed by atoms with van der Waals surface area (Å²) >= 11 is 7.46. The number of benzene rings is 2. The molecule has 3 aliphatic heterocycles. The Balaban J connectivity index is 1.51. The number of amidine groups is 1. The SMILES string of the molecule is O=C(N=C1SC2CS(=O)(=O)CC2N1c1cccc(Cl)c1)c1ccc2c(c1)OCO2. The van der Waals surface area contributed by atoms with Crippen LogP contribution in [0.1, 0.15) is 10.4 Å². The van der Waals surface area contributed by atoms with E-state index in [-0.39, 0.29) is 29.6 Å². The Morgan fingerprint density at radius 3 is 2.79 bits per heavy atom. The summed E-state index contributed by atoms with van der Waals surface area (Å²) in [6, 6.07) is 11.7. The van der Waals surface area contributed by atoms with E-state index in [4.69, 9.17) is 21.1 Å². The maximum atomic E-state index is 12.8. The number of amides is 1. The lowest BCUT2D eigenvalue weighted by Gasteiger charge is -2.24. The molecule has 0 N–H and O–H groups in total. The number of sulfone groups is 1. The zero-order valence-corrected chi connectivity index (χ0v) is 17.3. The van der Waals surface area contributed by atoms with Crippen molar-refractivity contribution in [1.29, 1.82) is 0 Å². The van der Waals surface area contributed by atoms with Crippen LogP contribution in [0.5, 0.6) is 11.5 Å². The Morgan fingerprint density at radius 1 is 1.14 bits per heavy atom. The van der Waals surface area contributed by atoms with Crippen LogP contribution in [-0.4, -0.2) is 49.1 Å². The number of thioether (sulfide) groups is 1. The third-order valence-electron chi connectivity index (χ3n) is 4.97. The number of rotatable bonds is 2. The van der Waals surface area contributed by atoms with Gasteiger partial charge in [-0.25, -0.2) is 8.42 Å². The van der Waals surface area contributed by atoms with Crippen molar-refractivity contribution in [1.82, 2.24) is 0 Å². The van der Waals surface area contributed by atoms with Crippen LogP contribution in [0.4, 0.5) is 5.69 Å². The van der Waals surface area contributed by atoms with Crippen molar-refractivity contribution in [3.05, 3.63) is 53.1 Å². The van der Waals surface area contributed by atoms with E-state index in [0.717, 1.165) is 0 Å². The Kier molecular flexibility index (Phi) is 4.49. The summed E-state index contributed by atoms with van der Waals surface area (Å²) in [7, 11) is -3.13. The highest BCUT2D eigenvalue weighted by molar-refractivity contribution is 8.16. The molecule has 0 aromatic heterocycles. The third kappa shape index (κ3) is 3.47. The standard InChI is InChI=1S/C19H15ClN2O5S2/c20-12-2-1-3-13(7-12)22-14-8-29(24,25)9-17(14)28-19(22)21-18(23)11-4-5-15-16(6-11)27-10-26-15/h1-7,14,17H,8-10H2. The van der Waals surface area contributed by atoms with E-state index in [1.807, 2.05) is 11.0 Å². The molecule has 7 nitrogen and oxygen atoms in total. The number of carbonyl (C=O) groups is 1. The van der Waals surface area contributed by atoms with Crippen LogP contribution in [0.25, 0.3) is 0 Å². The molecule has 10 heteroatoms. The highest BCUT2D eigenvalue weighted by Gasteiger charge is 2.49. The summed E-state index contributed by atoms with van der Waals surface area (Å²) in [4.78, 5) is 19.0. The molecule has 0 saturated carbocycles. The normalized spacial score (nSPS) is 25.4. The van der Waals surface area contributed by atoms with Gasteiger partial charge < -0.3 is 14.4 Å². The Hall–Kier alpha value is -2.23. The highest BCUT2D eigenvalue weighted by atomic mass is 35.5. The second kappa shape index (κ2) is 6.93. The maximum absolute atomic E-state index is 12.8. The number of anilines is 1. The van der Waals surface area contributed by atoms with Gasteiger partial charge in [0.25, 0.3) is 5.91 Å². The molecular weight excluding hydrogens is 436 g/mol. The van der Waals surface area contributed by atoms with Crippen molar-refractivity contribution in [2.45, 2.75) is 11.3 Å². The molecule has 3 aliphatic rings. The lowest BCUT2D eigenvalue weighted by Crippen LogP contribution is -2.37. The van der Waals surface area contributed by atoms with Gasteiger partial charge >= 0.3 is 0 Å². The van der Waals surface area contributed by atoms with Crippen LogP contribution in [-0.2, 0) is 9.84 Å². The van der Waals surface area contributed by atoms with Crippen LogP contribution in [0.2, 0.25) is 5.02 Å². The molecule has 29 heavy (non-hydrogen) atoms. The minimum absolute atomic E-state index is 0.0222. The molecule has 2 saturated heterocycles. The zero-order valence-electron chi connectivity index (χ0n) is 14.9. The number of hydrogen-bond donors (Lipinski definition) is 0. The van der Waals surface area contributed by atoms with Crippen molar-refractivity contribution in [2.24, 2.45) is 4.99 Å². The lowest BCUT2D eigenvalue weighted by molar-refractivity contribution is 0.100. The van der Waals surface area contributed by atoms with Crippen LogP contribution >= 0.6 is 23.4 Å². The summed E-state index contributed by atoms with van der Waals surface area (Å²) in [6.07, 6.45) is 0. The van der Waals surface area contributed by atoms with Gasteiger partial charge in [0, 0.05) is 21.5 Å². The Morgan fingerprint density at radius 2 is 1.97 bits per heavy atom. The van der Waals surface area contributed by atoms with Crippen molar-refractivity contribution in [2.75, 3.05) is 23.2 Å². The van der Waals surface area contributed by atoms with Crippen LogP contribution in [0, 0.1) is 0 Å². The first kappa shape index (κ1) is 18.8. The zero-order chi connectivity index (χ0) is 20.2. The number of hydrogen-bond acceptors (Lipinski definition) is 6. The smallest absolute Gasteiger partial charge is 0.279 e. The van der Waals surface area contributed by atoms with Gasteiger partial charge in [-0.05, 0) is 36.4 Å². The average Bonchev–Trinajstić information content (AvgIpc) is 3.32. The summed E-state index contributed by atoms with van der Waals surface area (Å²) < 4.78 is 34.9. The van der Waals surface area contributed by atoms with Gasteiger partial charge in [0.1, 0.15) is 0 Å². The first-order valence-corrected chi connectivity index (χ1v) is 11.9.